The predicted octanol–water partition coefficient (Wildman–Crippen LogP) is 3.06. The fourth-order valence-corrected chi connectivity index (χ4v) is 4.97. The fourth-order valence-electron chi connectivity index (χ4n) is 2.70. The van der Waals surface area contributed by atoms with Crippen LogP contribution in [0.15, 0.2) is 34.0 Å². The molecule has 3 N–H and O–H groups in total. The number of amides is 1. The summed E-state index contributed by atoms with van der Waals surface area (Å²) in [6.45, 7) is 0. The molecule has 1 saturated carbocycles. The molecule has 24 heavy (non-hydrogen) atoms. The third kappa shape index (κ3) is 4.10. The summed E-state index contributed by atoms with van der Waals surface area (Å²) in [5, 5.41) is 10.2. The highest BCUT2D eigenvalue weighted by molar-refractivity contribution is 7.91. The Labute approximate surface area is 148 Å². The van der Waals surface area contributed by atoms with Crippen LogP contribution in [0.2, 0.25) is 0 Å². The zero-order valence-corrected chi connectivity index (χ0v) is 15.2. The molecule has 9 heteroatoms. The van der Waals surface area contributed by atoms with Crippen molar-refractivity contribution in [3.05, 3.63) is 34.7 Å². The van der Waals surface area contributed by atoms with Gasteiger partial charge < -0.3 is 0 Å². The van der Waals surface area contributed by atoms with Crippen molar-refractivity contribution in [2.24, 2.45) is 11.1 Å². The van der Waals surface area contributed by atoms with Crippen LogP contribution in [-0.2, 0) is 14.8 Å². The van der Waals surface area contributed by atoms with Crippen LogP contribution >= 0.6 is 22.7 Å². The number of nitrogens with one attached hydrogen (secondary N) is 1. The van der Waals surface area contributed by atoms with Crippen LogP contribution in [0.4, 0.5) is 5.13 Å². The van der Waals surface area contributed by atoms with Crippen molar-refractivity contribution in [3.8, 4) is 0 Å². The quantitative estimate of drug-likeness (QED) is 0.775. The molecule has 0 aromatic carbocycles. The lowest BCUT2D eigenvalue weighted by atomic mass is 10.0. The first kappa shape index (κ1) is 17.3. The SMILES string of the molecule is NS(=O)(=O)c1ccc(/C(=C\C2CCCC2)C(=O)Nc2nccs2)s1. The molecule has 0 radical (unpaired) electrons. The minimum Gasteiger partial charge on any atom is -0.298 e. The summed E-state index contributed by atoms with van der Waals surface area (Å²) in [4.78, 5) is 17.3. The Morgan fingerprint density at radius 3 is 2.67 bits per heavy atom. The zero-order chi connectivity index (χ0) is 17.2. The molecule has 1 amide bonds. The number of thiophene rings is 1. The Balaban J connectivity index is 1.92. The number of primary sulfonamides is 1. The number of aromatic nitrogens is 1. The van der Waals surface area contributed by atoms with E-state index in [0.29, 0.717) is 21.5 Å². The van der Waals surface area contributed by atoms with Gasteiger partial charge in [-0.2, -0.15) is 0 Å². The molecule has 1 aliphatic carbocycles. The summed E-state index contributed by atoms with van der Waals surface area (Å²) in [6.07, 6.45) is 7.95. The summed E-state index contributed by atoms with van der Waals surface area (Å²) in [7, 11) is -3.77. The number of rotatable bonds is 5. The zero-order valence-electron chi connectivity index (χ0n) is 12.8. The van der Waals surface area contributed by atoms with E-state index in [-0.39, 0.29) is 10.1 Å². The molecule has 1 fully saturated rings. The van der Waals surface area contributed by atoms with Gasteiger partial charge in [-0.1, -0.05) is 18.9 Å². The molecule has 1 aliphatic rings. The number of anilines is 1. The van der Waals surface area contributed by atoms with Gasteiger partial charge in [0.25, 0.3) is 5.91 Å². The van der Waals surface area contributed by atoms with Gasteiger partial charge in [0, 0.05) is 16.5 Å². The Bertz CT molecular complexity index is 848. The van der Waals surface area contributed by atoms with Crippen LogP contribution in [0.1, 0.15) is 30.6 Å². The van der Waals surface area contributed by atoms with E-state index in [1.165, 1.54) is 17.4 Å². The minimum absolute atomic E-state index is 0.0527. The lowest BCUT2D eigenvalue weighted by molar-refractivity contribution is -0.111. The monoisotopic (exact) mass is 383 g/mol. The summed E-state index contributed by atoms with van der Waals surface area (Å²) in [5.74, 6) is 0.0572. The van der Waals surface area contributed by atoms with Crippen LogP contribution in [0.25, 0.3) is 5.57 Å². The van der Waals surface area contributed by atoms with Gasteiger partial charge in [-0.05, 0) is 30.9 Å². The van der Waals surface area contributed by atoms with Gasteiger partial charge in [0.15, 0.2) is 5.13 Å². The van der Waals surface area contributed by atoms with Crippen molar-refractivity contribution in [1.29, 1.82) is 0 Å². The van der Waals surface area contributed by atoms with Crippen LogP contribution < -0.4 is 10.5 Å². The van der Waals surface area contributed by atoms with E-state index in [4.69, 9.17) is 5.14 Å². The third-order valence-corrected chi connectivity index (χ3v) is 7.07. The Hall–Kier alpha value is -1.55. The van der Waals surface area contributed by atoms with Crippen LogP contribution in [0, 0.1) is 5.92 Å². The van der Waals surface area contributed by atoms with Crippen LogP contribution in [-0.4, -0.2) is 19.3 Å². The highest BCUT2D eigenvalue weighted by Gasteiger charge is 2.22. The largest absolute Gasteiger partial charge is 0.298 e. The van der Waals surface area contributed by atoms with Gasteiger partial charge in [0.2, 0.25) is 10.0 Å². The average Bonchev–Trinajstić information content (AvgIpc) is 3.25. The maximum atomic E-state index is 12.7. The smallest absolute Gasteiger partial charge is 0.258 e. The molecule has 0 aliphatic heterocycles. The Morgan fingerprint density at radius 2 is 2.08 bits per heavy atom. The number of carbonyl (C=O) groups excluding carboxylic acids is 1. The first-order valence-corrected chi connectivity index (χ1v) is 10.7. The van der Waals surface area contributed by atoms with E-state index in [1.54, 1.807) is 17.6 Å². The topological polar surface area (TPSA) is 102 Å². The molecule has 0 spiro atoms. The highest BCUT2D eigenvalue weighted by atomic mass is 32.2. The lowest BCUT2D eigenvalue weighted by Crippen LogP contribution is -2.14. The number of sulfonamides is 1. The van der Waals surface area contributed by atoms with Crippen molar-refractivity contribution in [2.75, 3.05) is 5.32 Å². The van der Waals surface area contributed by atoms with E-state index in [1.807, 2.05) is 6.08 Å². The standard InChI is InChI=1S/C15H17N3O3S3/c16-24(20,21)13-6-5-12(23-13)11(9-10-3-1-2-4-10)14(19)18-15-17-7-8-22-15/h5-10H,1-4H2,(H2,16,20,21)(H,17,18,19)/b11-9+. The second kappa shape index (κ2) is 7.14. The Kier molecular flexibility index (Phi) is 5.14. The number of nitrogens with two attached hydrogens (primary N) is 1. The molecular formula is C15H17N3O3S3. The predicted molar refractivity (Wildman–Crippen MR) is 96.4 cm³/mol. The minimum atomic E-state index is -3.77. The molecule has 128 valence electrons. The van der Waals surface area contributed by atoms with Crippen molar-refractivity contribution in [3.63, 3.8) is 0 Å². The molecule has 2 aromatic rings. The second-order valence-electron chi connectivity index (χ2n) is 5.58. The summed E-state index contributed by atoms with van der Waals surface area (Å²) in [5.41, 5.74) is 0.483. The number of hydrogen-bond acceptors (Lipinski definition) is 6. The van der Waals surface area contributed by atoms with Crippen LogP contribution in [0.3, 0.4) is 0 Å². The van der Waals surface area contributed by atoms with E-state index < -0.39 is 10.0 Å². The molecular weight excluding hydrogens is 366 g/mol. The van der Waals surface area contributed by atoms with Gasteiger partial charge >= 0.3 is 0 Å². The van der Waals surface area contributed by atoms with Crippen molar-refractivity contribution < 1.29 is 13.2 Å². The van der Waals surface area contributed by atoms with E-state index >= 15 is 0 Å². The first-order chi connectivity index (χ1) is 11.4. The normalized spacial score (nSPS) is 16.5. The molecule has 3 rings (SSSR count). The van der Waals surface area contributed by atoms with Crippen LogP contribution in [0.5, 0.6) is 0 Å². The molecule has 0 unspecified atom stereocenters. The molecule has 0 atom stereocenters. The third-order valence-electron chi connectivity index (χ3n) is 3.83. The molecule has 2 aromatic heterocycles. The highest BCUT2D eigenvalue weighted by Crippen LogP contribution is 2.33. The Morgan fingerprint density at radius 1 is 1.33 bits per heavy atom. The van der Waals surface area contributed by atoms with E-state index in [2.05, 4.69) is 10.3 Å². The van der Waals surface area contributed by atoms with Gasteiger partial charge in [0.05, 0.1) is 5.57 Å². The van der Waals surface area contributed by atoms with Gasteiger partial charge in [-0.3, -0.25) is 10.1 Å². The summed E-state index contributed by atoms with van der Waals surface area (Å²) in [6, 6.07) is 3.07. The van der Waals surface area contributed by atoms with Gasteiger partial charge in [0.1, 0.15) is 4.21 Å². The average molecular weight is 384 g/mol. The molecule has 2 heterocycles. The van der Waals surface area contributed by atoms with Crippen molar-refractivity contribution in [2.45, 2.75) is 29.9 Å². The van der Waals surface area contributed by atoms with Crippen molar-refractivity contribution >= 4 is 49.3 Å². The second-order valence-corrected chi connectivity index (χ2v) is 9.35. The maximum absolute atomic E-state index is 12.7. The summed E-state index contributed by atoms with van der Waals surface area (Å²) < 4.78 is 23.1. The van der Waals surface area contributed by atoms with Gasteiger partial charge in [-0.25, -0.2) is 18.5 Å². The van der Waals surface area contributed by atoms with Crippen molar-refractivity contribution in [1.82, 2.24) is 4.98 Å². The van der Waals surface area contributed by atoms with E-state index in [9.17, 15) is 13.2 Å². The number of nitrogens with zero attached hydrogens (tertiary/aromatic N) is 1. The number of carbonyl (C=O) groups is 1. The number of thiazole rings is 1. The molecule has 0 bridgehead atoms. The molecule has 0 saturated heterocycles. The van der Waals surface area contributed by atoms with E-state index in [0.717, 1.165) is 37.0 Å². The molecule has 6 nitrogen and oxygen atoms in total. The maximum Gasteiger partial charge on any atom is 0.258 e. The van der Waals surface area contributed by atoms with Gasteiger partial charge in [-0.15, -0.1) is 22.7 Å². The first-order valence-electron chi connectivity index (χ1n) is 7.49. The summed E-state index contributed by atoms with van der Waals surface area (Å²) >= 11 is 2.35. The fraction of sp³-hybridized carbons (Fsp3) is 0.333. The number of hydrogen-bond donors (Lipinski definition) is 2. The number of allylic oxidation sites excluding steroid dienone is 1. The lowest BCUT2D eigenvalue weighted by Gasteiger charge is -2.09.